The van der Waals surface area contributed by atoms with Crippen LogP contribution in [0.2, 0.25) is 0 Å². The Balaban J connectivity index is 1.66. The highest BCUT2D eigenvalue weighted by Gasteiger charge is 2.23. The minimum absolute atomic E-state index is 0.301. The standard InChI is InChI=1S/C19H20N2O5/c1-2-15(26-19(23)12-4-3-5-13(20)10-12)18(22)21-14-6-7-16-17(11-14)25-9-8-24-16/h3-7,10-11,15H,2,8-9,20H2,1H3,(H,21,22). The number of rotatable bonds is 5. The Kier molecular flexibility index (Phi) is 5.26. The topological polar surface area (TPSA) is 99.9 Å². The maximum atomic E-state index is 12.5. The van der Waals surface area contributed by atoms with Crippen LogP contribution in [0.4, 0.5) is 11.4 Å². The van der Waals surface area contributed by atoms with Gasteiger partial charge < -0.3 is 25.3 Å². The van der Waals surface area contributed by atoms with Crippen molar-refractivity contribution in [2.75, 3.05) is 24.3 Å². The van der Waals surface area contributed by atoms with Crippen molar-refractivity contribution >= 4 is 23.3 Å². The van der Waals surface area contributed by atoms with E-state index in [0.717, 1.165) is 0 Å². The summed E-state index contributed by atoms with van der Waals surface area (Å²) in [6.45, 7) is 2.72. The van der Waals surface area contributed by atoms with Gasteiger partial charge in [0.05, 0.1) is 5.56 Å². The van der Waals surface area contributed by atoms with Crippen molar-refractivity contribution in [3.05, 3.63) is 48.0 Å². The summed E-state index contributed by atoms with van der Waals surface area (Å²) in [6.07, 6.45) is -0.582. The fraction of sp³-hybridized carbons (Fsp3) is 0.263. The summed E-state index contributed by atoms with van der Waals surface area (Å²) in [5.74, 6) is 0.191. The fourth-order valence-corrected chi connectivity index (χ4v) is 2.53. The SMILES string of the molecule is CCC(OC(=O)c1cccc(N)c1)C(=O)Nc1ccc2c(c1)OCCO2. The van der Waals surface area contributed by atoms with Gasteiger partial charge in [-0.05, 0) is 36.8 Å². The first-order chi connectivity index (χ1) is 12.6. The van der Waals surface area contributed by atoms with Gasteiger partial charge in [0.1, 0.15) is 13.2 Å². The van der Waals surface area contributed by atoms with Gasteiger partial charge in [-0.2, -0.15) is 0 Å². The zero-order valence-electron chi connectivity index (χ0n) is 14.4. The van der Waals surface area contributed by atoms with Crippen molar-refractivity contribution in [2.24, 2.45) is 0 Å². The lowest BCUT2D eigenvalue weighted by molar-refractivity contribution is -0.124. The molecule has 3 rings (SSSR count). The van der Waals surface area contributed by atoms with Crippen molar-refractivity contribution in [1.29, 1.82) is 0 Å². The molecule has 0 radical (unpaired) electrons. The molecule has 1 unspecified atom stereocenters. The van der Waals surface area contributed by atoms with E-state index in [1.165, 1.54) is 6.07 Å². The minimum Gasteiger partial charge on any atom is -0.486 e. The molecule has 1 aliphatic rings. The quantitative estimate of drug-likeness (QED) is 0.631. The monoisotopic (exact) mass is 356 g/mol. The van der Waals surface area contributed by atoms with Crippen LogP contribution in [-0.2, 0) is 9.53 Å². The lowest BCUT2D eigenvalue weighted by atomic mass is 10.2. The first-order valence-corrected chi connectivity index (χ1v) is 8.34. The minimum atomic E-state index is -0.919. The highest BCUT2D eigenvalue weighted by molar-refractivity contribution is 5.98. The van der Waals surface area contributed by atoms with Crippen molar-refractivity contribution < 1.29 is 23.8 Å². The zero-order chi connectivity index (χ0) is 18.5. The molecule has 0 saturated carbocycles. The summed E-state index contributed by atoms with van der Waals surface area (Å²) >= 11 is 0. The molecule has 1 aliphatic heterocycles. The number of ether oxygens (including phenoxy) is 3. The van der Waals surface area contributed by atoms with E-state index < -0.39 is 18.0 Å². The molecule has 0 saturated heterocycles. The second-order valence-electron chi connectivity index (χ2n) is 5.78. The van der Waals surface area contributed by atoms with Crippen LogP contribution in [0.25, 0.3) is 0 Å². The molecule has 3 N–H and O–H groups in total. The number of fused-ring (bicyclic) bond motifs is 1. The Morgan fingerprint density at radius 3 is 2.65 bits per heavy atom. The first-order valence-electron chi connectivity index (χ1n) is 8.34. The first kappa shape index (κ1) is 17.6. The molecule has 0 spiro atoms. The lowest BCUT2D eigenvalue weighted by Gasteiger charge is -2.20. The van der Waals surface area contributed by atoms with Crippen LogP contribution in [-0.4, -0.2) is 31.2 Å². The third-order valence-electron chi connectivity index (χ3n) is 3.84. The number of carbonyl (C=O) groups is 2. The molecule has 136 valence electrons. The van der Waals surface area contributed by atoms with Gasteiger partial charge in [0.2, 0.25) is 0 Å². The predicted octanol–water partition coefficient (Wildman–Crippen LogP) is 2.61. The van der Waals surface area contributed by atoms with E-state index >= 15 is 0 Å². The molecule has 1 amide bonds. The van der Waals surface area contributed by atoms with Gasteiger partial charge in [-0.15, -0.1) is 0 Å². The Morgan fingerprint density at radius 2 is 1.92 bits per heavy atom. The van der Waals surface area contributed by atoms with E-state index in [1.54, 1.807) is 43.3 Å². The van der Waals surface area contributed by atoms with Crippen LogP contribution in [0.1, 0.15) is 23.7 Å². The molecular formula is C19H20N2O5. The normalized spacial score (nSPS) is 13.6. The Morgan fingerprint density at radius 1 is 1.15 bits per heavy atom. The van der Waals surface area contributed by atoms with Crippen molar-refractivity contribution in [1.82, 2.24) is 0 Å². The maximum Gasteiger partial charge on any atom is 0.338 e. The number of hydrogen-bond donors (Lipinski definition) is 2. The van der Waals surface area contributed by atoms with E-state index in [2.05, 4.69) is 5.32 Å². The van der Waals surface area contributed by atoms with Crippen LogP contribution < -0.4 is 20.5 Å². The second-order valence-corrected chi connectivity index (χ2v) is 5.78. The van der Waals surface area contributed by atoms with Crippen LogP contribution in [0.5, 0.6) is 11.5 Å². The molecule has 0 bridgehead atoms. The summed E-state index contributed by atoms with van der Waals surface area (Å²) in [7, 11) is 0. The third kappa shape index (κ3) is 4.05. The van der Waals surface area contributed by atoms with Gasteiger partial charge in [-0.1, -0.05) is 13.0 Å². The lowest BCUT2D eigenvalue weighted by Crippen LogP contribution is -2.32. The molecule has 1 heterocycles. The number of esters is 1. The summed E-state index contributed by atoms with van der Waals surface area (Å²) in [6, 6.07) is 11.5. The van der Waals surface area contributed by atoms with E-state index in [4.69, 9.17) is 19.9 Å². The average molecular weight is 356 g/mol. The van der Waals surface area contributed by atoms with Crippen molar-refractivity contribution in [3.8, 4) is 11.5 Å². The number of nitrogen functional groups attached to an aromatic ring is 1. The smallest absolute Gasteiger partial charge is 0.338 e. The molecule has 7 nitrogen and oxygen atoms in total. The number of carbonyl (C=O) groups excluding carboxylic acids is 2. The van der Waals surface area contributed by atoms with E-state index in [9.17, 15) is 9.59 Å². The van der Waals surface area contributed by atoms with Gasteiger partial charge in [-0.25, -0.2) is 4.79 Å². The largest absolute Gasteiger partial charge is 0.486 e. The molecule has 0 aromatic heterocycles. The summed E-state index contributed by atoms with van der Waals surface area (Å²) < 4.78 is 16.3. The molecule has 7 heteroatoms. The van der Waals surface area contributed by atoms with Gasteiger partial charge in [0.15, 0.2) is 17.6 Å². The predicted molar refractivity (Wildman–Crippen MR) is 96.4 cm³/mol. The number of amides is 1. The van der Waals surface area contributed by atoms with Crippen molar-refractivity contribution in [2.45, 2.75) is 19.4 Å². The van der Waals surface area contributed by atoms with Gasteiger partial charge in [0.25, 0.3) is 5.91 Å². The van der Waals surface area contributed by atoms with Gasteiger partial charge in [-0.3, -0.25) is 4.79 Å². The Labute approximate surface area is 151 Å². The van der Waals surface area contributed by atoms with Gasteiger partial charge in [0, 0.05) is 17.4 Å². The second kappa shape index (κ2) is 7.77. The molecule has 26 heavy (non-hydrogen) atoms. The van der Waals surface area contributed by atoms with Crippen molar-refractivity contribution in [3.63, 3.8) is 0 Å². The van der Waals surface area contributed by atoms with Crippen LogP contribution >= 0.6 is 0 Å². The highest BCUT2D eigenvalue weighted by atomic mass is 16.6. The summed E-state index contributed by atoms with van der Waals surface area (Å²) in [4.78, 5) is 24.7. The Bertz CT molecular complexity index is 821. The molecule has 0 fully saturated rings. The summed E-state index contributed by atoms with van der Waals surface area (Å²) in [5.41, 5.74) is 6.96. The number of nitrogens with two attached hydrogens (primary N) is 1. The van der Waals surface area contributed by atoms with Crippen LogP contribution in [0, 0.1) is 0 Å². The number of nitrogens with one attached hydrogen (secondary N) is 1. The maximum absolute atomic E-state index is 12.5. The highest BCUT2D eigenvalue weighted by Crippen LogP contribution is 2.32. The summed E-state index contributed by atoms with van der Waals surface area (Å²) in [5, 5.41) is 2.73. The van der Waals surface area contributed by atoms with Crippen LogP contribution in [0.15, 0.2) is 42.5 Å². The Hall–Kier alpha value is -3.22. The molecule has 2 aromatic carbocycles. The average Bonchev–Trinajstić information content (AvgIpc) is 2.65. The molecule has 0 aliphatic carbocycles. The molecular weight excluding hydrogens is 336 g/mol. The number of hydrogen-bond acceptors (Lipinski definition) is 6. The van der Waals surface area contributed by atoms with Crippen LogP contribution in [0.3, 0.4) is 0 Å². The van der Waals surface area contributed by atoms with E-state index in [1.807, 2.05) is 0 Å². The molecule has 2 aromatic rings. The van der Waals surface area contributed by atoms with E-state index in [-0.39, 0.29) is 0 Å². The number of anilines is 2. The zero-order valence-corrected chi connectivity index (χ0v) is 14.4. The van der Waals surface area contributed by atoms with Gasteiger partial charge >= 0.3 is 5.97 Å². The molecule has 1 atom stereocenters. The van der Waals surface area contributed by atoms with E-state index in [0.29, 0.717) is 48.1 Å². The third-order valence-corrected chi connectivity index (χ3v) is 3.84. The number of benzene rings is 2. The fourth-order valence-electron chi connectivity index (χ4n) is 2.53.